The van der Waals surface area contributed by atoms with Crippen LogP contribution >= 0.6 is 0 Å². The first-order valence-electron chi connectivity index (χ1n) is 2.16. The van der Waals surface area contributed by atoms with Crippen LogP contribution in [0.2, 0.25) is 0 Å². The first kappa shape index (κ1) is 12.1. The van der Waals surface area contributed by atoms with Crippen molar-refractivity contribution in [2.75, 3.05) is 19.8 Å². The molecule has 9 heavy (non-hydrogen) atoms. The maximum atomic E-state index is 9.56. The molecule has 0 aromatic rings. The van der Waals surface area contributed by atoms with Gasteiger partial charge in [-0.3, -0.25) is 0 Å². The molecule has 0 aromatic heterocycles. The van der Waals surface area contributed by atoms with E-state index in [-0.39, 0.29) is 42.8 Å². The first-order valence-corrected chi connectivity index (χ1v) is 2.16. The van der Waals surface area contributed by atoms with Gasteiger partial charge in [0.1, 0.15) is 0 Å². The van der Waals surface area contributed by atoms with Crippen molar-refractivity contribution in [2.45, 2.75) is 0 Å². The van der Waals surface area contributed by atoms with E-state index in [0.29, 0.717) is 0 Å². The predicted molar refractivity (Wildman–Crippen MR) is 22.9 cm³/mol. The smallest absolute Gasteiger partial charge is 0.548 e. The Morgan fingerprint density at radius 1 is 1.67 bits per heavy atom. The Hall–Kier alpha value is 0.390. The molecule has 0 aromatic carbocycles. The summed E-state index contributed by atoms with van der Waals surface area (Å²) in [5.74, 6) is -1.27. The minimum Gasteiger partial charge on any atom is -0.548 e. The summed E-state index contributed by atoms with van der Waals surface area (Å²) in [5, 5.41) is 17.6. The van der Waals surface area contributed by atoms with Gasteiger partial charge in [-0.05, 0) is 0 Å². The molecular weight excluding hydrogens is 135 g/mol. The third-order valence-corrected chi connectivity index (χ3v) is 0.456. The van der Waals surface area contributed by atoms with Gasteiger partial charge in [-0.25, -0.2) is 0 Å². The Morgan fingerprint density at radius 2 is 2.22 bits per heavy atom. The van der Waals surface area contributed by atoms with Gasteiger partial charge in [0.05, 0.1) is 25.8 Å². The van der Waals surface area contributed by atoms with Gasteiger partial charge in [-0.15, -0.1) is 0 Å². The molecule has 0 aliphatic carbocycles. The SMILES string of the molecule is O=C([O-])COCCO.[Na+]. The third-order valence-electron chi connectivity index (χ3n) is 0.456. The quantitative estimate of drug-likeness (QED) is 0.314. The molecule has 0 radical (unpaired) electrons. The predicted octanol–water partition coefficient (Wildman–Crippen LogP) is -5.25. The normalized spacial score (nSPS) is 8.11. The van der Waals surface area contributed by atoms with Crippen LogP contribution in [0, 0.1) is 0 Å². The van der Waals surface area contributed by atoms with Crippen molar-refractivity contribution in [1.82, 2.24) is 0 Å². The van der Waals surface area contributed by atoms with Gasteiger partial charge in [0.2, 0.25) is 0 Å². The van der Waals surface area contributed by atoms with Crippen LogP contribution in [0.15, 0.2) is 0 Å². The topological polar surface area (TPSA) is 69.6 Å². The zero-order valence-electron chi connectivity index (χ0n) is 5.29. The summed E-state index contributed by atoms with van der Waals surface area (Å²) in [5.41, 5.74) is 0. The molecule has 0 atom stereocenters. The fourth-order valence-electron chi connectivity index (χ4n) is 0.220. The van der Waals surface area contributed by atoms with E-state index >= 15 is 0 Å². The minimum atomic E-state index is -1.27. The summed E-state index contributed by atoms with van der Waals surface area (Å²) in [7, 11) is 0. The molecule has 0 bridgehead atoms. The standard InChI is InChI=1S/C4H8O4.Na/c5-1-2-8-3-4(6)7;/h5H,1-3H2,(H,6,7);/q;+1/p-1. The zero-order valence-corrected chi connectivity index (χ0v) is 7.29. The van der Waals surface area contributed by atoms with Gasteiger partial charge in [-0.2, -0.15) is 0 Å². The number of hydrogen-bond acceptors (Lipinski definition) is 4. The first-order chi connectivity index (χ1) is 3.77. The van der Waals surface area contributed by atoms with Gasteiger partial charge in [-0.1, -0.05) is 0 Å². The number of carboxylic acids is 1. The molecule has 0 fully saturated rings. The molecule has 5 heteroatoms. The summed E-state index contributed by atoms with van der Waals surface area (Å²) >= 11 is 0. The Kier molecular flexibility index (Phi) is 11.3. The molecule has 0 amide bonds. The van der Waals surface area contributed by atoms with E-state index in [4.69, 9.17) is 5.11 Å². The average Bonchev–Trinajstić information content (AvgIpc) is 1.66. The van der Waals surface area contributed by atoms with E-state index in [1.807, 2.05) is 0 Å². The van der Waals surface area contributed by atoms with E-state index < -0.39 is 12.6 Å². The number of rotatable bonds is 4. The van der Waals surface area contributed by atoms with Gasteiger partial charge < -0.3 is 19.7 Å². The maximum Gasteiger partial charge on any atom is 1.00 e. The number of hydrogen-bond donors (Lipinski definition) is 1. The van der Waals surface area contributed by atoms with Gasteiger partial charge in [0.15, 0.2) is 0 Å². The van der Waals surface area contributed by atoms with E-state index in [2.05, 4.69) is 4.74 Å². The Balaban J connectivity index is 0. The summed E-state index contributed by atoms with van der Waals surface area (Å²) in [6, 6.07) is 0. The molecule has 0 aliphatic rings. The molecule has 1 N–H and O–H groups in total. The van der Waals surface area contributed by atoms with Gasteiger partial charge in [0.25, 0.3) is 0 Å². The summed E-state index contributed by atoms with van der Waals surface area (Å²) in [6.45, 7) is -0.554. The molecule has 0 aliphatic heterocycles. The largest absolute Gasteiger partial charge is 1.00 e. The maximum absolute atomic E-state index is 9.56. The zero-order chi connectivity index (χ0) is 6.41. The van der Waals surface area contributed by atoms with E-state index in [1.165, 1.54) is 0 Å². The number of carboxylic acid groups (broad SMARTS) is 1. The summed E-state index contributed by atoms with van der Waals surface area (Å²) in [4.78, 5) is 9.56. The van der Waals surface area contributed by atoms with Crippen molar-refractivity contribution in [2.24, 2.45) is 0 Å². The number of aliphatic carboxylic acids is 1. The molecule has 0 saturated carbocycles. The number of aliphatic hydroxyl groups excluding tert-OH is 1. The van der Waals surface area contributed by atoms with Crippen LogP contribution in [0.3, 0.4) is 0 Å². The molecule has 0 unspecified atom stereocenters. The van der Waals surface area contributed by atoms with Crippen molar-refractivity contribution in [1.29, 1.82) is 0 Å². The van der Waals surface area contributed by atoms with Crippen LogP contribution in [-0.4, -0.2) is 30.9 Å². The summed E-state index contributed by atoms with van der Waals surface area (Å²) in [6.07, 6.45) is 0. The Bertz CT molecular complexity index is 75.0. The van der Waals surface area contributed by atoms with Crippen LogP contribution in [0.4, 0.5) is 0 Å². The van der Waals surface area contributed by atoms with Crippen molar-refractivity contribution in [3.63, 3.8) is 0 Å². The minimum absolute atomic E-state index is 0. The van der Waals surface area contributed by atoms with Crippen LogP contribution in [0.1, 0.15) is 0 Å². The number of carbonyl (C=O) groups is 1. The molecular formula is C4H7NaO4. The number of ether oxygens (including phenoxy) is 1. The molecule has 0 saturated heterocycles. The second kappa shape index (κ2) is 8.39. The van der Waals surface area contributed by atoms with Crippen LogP contribution < -0.4 is 34.7 Å². The fraction of sp³-hybridized carbons (Fsp3) is 0.750. The molecule has 0 spiro atoms. The Morgan fingerprint density at radius 3 is 2.56 bits per heavy atom. The van der Waals surface area contributed by atoms with Crippen molar-refractivity contribution in [3.8, 4) is 0 Å². The fourth-order valence-corrected chi connectivity index (χ4v) is 0.220. The van der Waals surface area contributed by atoms with E-state index in [1.54, 1.807) is 0 Å². The molecule has 0 rings (SSSR count). The van der Waals surface area contributed by atoms with Crippen LogP contribution in [0.5, 0.6) is 0 Å². The van der Waals surface area contributed by atoms with Gasteiger partial charge >= 0.3 is 29.6 Å². The molecule has 0 heterocycles. The molecule has 4 nitrogen and oxygen atoms in total. The molecule has 48 valence electrons. The van der Waals surface area contributed by atoms with Crippen LogP contribution in [0.25, 0.3) is 0 Å². The Labute approximate surface area is 75.1 Å². The van der Waals surface area contributed by atoms with E-state index in [9.17, 15) is 9.90 Å². The summed E-state index contributed by atoms with van der Waals surface area (Å²) < 4.78 is 4.33. The van der Waals surface area contributed by atoms with Crippen molar-refractivity contribution < 1.29 is 49.3 Å². The third kappa shape index (κ3) is 11.8. The number of aliphatic hydroxyl groups is 1. The van der Waals surface area contributed by atoms with Crippen molar-refractivity contribution in [3.05, 3.63) is 0 Å². The number of carbonyl (C=O) groups excluding carboxylic acids is 1. The van der Waals surface area contributed by atoms with Gasteiger partial charge in [0, 0.05) is 0 Å². The monoisotopic (exact) mass is 142 g/mol. The second-order valence-electron chi connectivity index (χ2n) is 1.15. The van der Waals surface area contributed by atoms with E-state index in [0.717, 1.165) is 0 Å². The average molecular weight is 142 g/mol. The van der Waals surface area contributed by atoms with Crippen LogP contribution in [-0.2, 0) is 9.53 Å². The van der Waals surface area contributed by atoms with Crippen molar-refractivity contribution >= 4 is 5.97 Å². The second-order valence-corrected chi connectivity index (χ2v) is 1.15.